The molecule has 21 heavy (non-hydrogen) atoms. The number of carbonyl (C=O) groups excluding carboxylic acids is 1. The Bertz CT molecular complexity index is 461. The second kappa shape index (κ2) is 8.03. The molecule has 1 aliphatic rings. The van der Waals surface area contributed by atoms with Gasteiger partial charge >= 0.3 is 5.97 Å². The van der Waals surface area contributed by atoms with E-state index in [1.165, 1.54) is 5.56 Å². The van der Waals surface area contributed by atoms with Crippen LogP contribution < -0.4 is 10.1 Å². The van der Waals surface area contributed by atoms with E-state index in [4.69, 9.17) is 9.47 Å². The van der Waals surface area contributed by atoms with Crippen LogP contribution in [0.5, 0.6) is 5.75 Å². The van der Waals surface area contributed by atoms with Gasteiger partial charge in [-0.15, -0.1) is 0 Å². The van der Waals surface area contributed by atoms with E-state index < -0.39 is 0 Å². The molecule has 0 radical (unpaired) electrons. The molecule has 2 rings (SSSR count). The highest BCUT2D eigenvalue weighted by Gasteiger charge is 2.25. The summed E-state index contributed by atoms with van der Waals surface area (Å²) in [6, 6.07) is 8.61. The van der Waals surface area contributed by atoms with E-state index in [0.29, 0.717) is 25.0 Å². The van der Waals surface area contributed by atoms with Crippen LogP contribution in [0.1, 0.15) is 44.1 Å². The predicted molar refractivity (Wildman–Crippen MR) is 82.6 cm³/mol. The number of nitrogens with one attached hydrogen (secondary N) is 1. The molecule has 1 aromatic rings. The Labute approximate surface area is 126 Å². The first kappa shape index (κ1) is 15.8. The van der Waals surface area contributed by atoms with Gasteiger partial charge in [0.2, 0.25) is 0 Å². The van der Waals surface area contributed by atoms with Gasteiger partial charge in [0.15, 0.2) is 0 Å². The highest BCUT2D eigenvalue weighted by molar-refractivity contribution is 5.69. The van der Waals surface area contributed by atoms with E-state index in [9.17, 15) is 4.79 Å². The van der Waals surface area contributed by atoms with Gasteiger partial charge in [0.05, 0.1) is 13.7 Å². The lowest BCUT2D eigenvalue weighted by atomic mass is 9.84. The van der Waals surface area contributed by atoms with Crippen molar-refractivity contribution in [3.63, 3.8) is 0 Å². The van der Waals surface area contributed by atoms with Crippen molar-refractivity contribution in [2.24, 2.45) is 0 Å². The van der Waals surface area contributed by atoms with Crippen LogP contribution in [-0.4, -0.2) is 32.3 Å². The van der Waals surface area contributed by atoms with E-state index in [1.807, 2.05) is 19.1 Å². The molecule has 2 unspecified atom stereocenters. The van der Waals surface area contributed by atoms with Crippen molar-refractivity contribution in [1.82, 2.24) is 5.32 Å². The number of esters is 1. The van der Waals surface area contributed by atoms with Crippen LogP contribution in [0.2, 0.25) is 0 Å². The first-order chi connectivity index (χ1) is 10.2. The van der Waals surface area contributed by atoms with Crippen LogP contribution in [0.15, 0.2) is 24.3 Å². The van der Waals surface area contributed by atoms with Crippen LogP contribution in [0.4, 0.5) is 0 Å². The van der Waals surface area contributed by atoms with Crippen molar-refractivity contribution in [3.05, 3.63) is 29.8 Å². The van der Waals surface area contributed by atoms with Gasteiger partial charge in [0, 0.05) is 12.5 Å². The summed E-state index contributed by atoms with van der Waals surface area (Å²) in [7, 11) is 1.72. The normalized spacial score (nSPS) is 21.8. The largest absolute Gasteiger partial charge is 0.496 e. The van der Waals surface area contributed by atoms with Crippen molar-refractivity contribution in [3.8, 4) is 5.75 Å². The lowest BCUT2D eigenvalue weighted by molar-refractivity contribution is -0.143. The number of benzene rings is 1. The second-order valence-electron chi connectivity index (χ2n) is 5.46. The van der Waals surface area contributed by atoms with Crippen LogP contribution >= 0.6 is 0 Å². The lowest BCUT2D eigenvalue weighted by Crippen LogP contribution is -2.37. The van der Waals surface area contributed by atoms with Crippen LogP contribution in [0, 0.1) is 0 Å². The quantitative estimate of drug-likeness (QED) is 0.819. The van der Waals surface area contributed by atoms with E-state index in [0.717, 1.165) is 31.6 Å². The molecule has 116 valence electrons. The Morgan fingerprint density at radius 2 is 2.19 bits per heavy atom. The number of methoxy groups -OCH3 is 1. The number of rotatable bonds is 6. The van der Waals surface area contributed by atoms with Crippen LogP contribution in [-0.2, 0) is 9.53 Å². The standard InChI is InChI=1S/C17H25NO3/c1-3-21-17(19)9-8-14-12-13(10-11-18-14)15-6-4-5-7-16(15)20-2/h4-7,13-14,18H,3,8-12H2,1-2H3. The summed E-state index contributed by atoms with van der Waals surface area (Å²) in [5.41, 5.74) is 1.28. The zero-order chi connectivity index (χ0) is 15.1. The molecule has 1 heterocycles. The summed E-state index contributed by atoms with van der Waals surface area (Å²) in [6.07, 6.45) is 3.48. The molecule has 1 fully saturated rings. The molecule has 0 aliphatic carbocycles. The molecule has 1 saturated heterocycles. The molecule has 0 aromatic heterocycles. The van der Waals surface area contributed by atoms with Crippen molar-refractivity contribution >= 4 is 5.97 Å². The Kier molecular flexibility index (Phi) is 6.05. The average Bonchev–Trinajstić information content (AvgIpc) is 2.53. The van der Waals surface area contributed by atoms with Crippen LogP contribution in [0.3, 0.4) is 0 Å². The molecule has 2 atom stereocenters. The highest BCUT2D eigenvalue weighted by Crippen LogP contribution is 2.34. The maximum atomic E-state index is 11.5. The first-order valence-corrected chi connectivity index (χ1v) is 7.76. The topological polar surface area (TPSA) is 47.6 Å². The number of ether oxygens (including phenoxy) is 2. The van der Waals surface area contributed by atoms with Gasteiger partial charge in [-0.3, -0.25) is 4.79 Å². The minimum atomic E-state index is -0.0984. The molecule has 0 bridgehead atoms. The maximum absolute atomic E-state index is 11.5. The van der Waals surface area contributed by atoms with Gasteiger partial charge in [0.1, 0.15) is 5.75 Å². The summed E-state index contributed by atoms with van der Waals surface area (Å²) in [5.74, 6) is 1.36. The van der Waals surface area contributed by atoms with Crippen molar-refractivity contribution < 1.29 is 14.3 Å². The van der Waals surface area contributed by atoms with E-state index >= 15 is 0 Å². The maximum Gasteiger partial charge on any atom is 0.305 e. The molecule has 1 N–H and O–H groups in total. The van der Waals surface area contributed by atoms with E-state index in [1.54, 1.807) is 7.11 Å². The summed E-state index contributed by atoms with van der Waals surface area (Å²) in [5, 5.41) is 3.51. The smallest absolute Gasteiger partial charge is 0.305 e. The number of para-hydroxylation sites is 1. The monoisotopic (exact) mass is 291 g/mol. The van der Waals surface area contributed by atoms with Gasteiger partial charge < -0.3 is 14.8 Å². The molecular weight excluding hydrogens is 266 g/mol. The summed E-state index contributed by atoms with van der Waals surface area (Å²) in [4.78, 5) is 11.5. The second-order valence-corrected chi connectivity index (χ2v) is 5.46. The van der Waals surface area contributed by atoms with Crippen molar-refractivity contribution in [2.45, 2.75) is 44.6 Å². The van der Waals surface area contributed by atoms with Gasteiger partial charge in [-0.1, -0.05) is 18.2 Å². The Morgan fingerprint density at radius 1 is 1.38 bits per heavy atom. The molecule has 0 amide bonds. The highest BCUT2D eigenvalue weighted by atomic mass is 16.5. The minimum absolute atomic E-state index is 0.0984. The van der Waals surface area contributed by atoms with Crippen molar-refractivity contribution in [2.75, 3.05) is 20.3 Å². The molecule has 1 aromatic carbocycles. The summed E-state index contributed by atoms with van der Waals surface area (Å²) >= 11 is 0. The zero-order valence-electron chi connectivity index (χ0n) is 12.9. The van der Waals surface area contributed by atoms with Crippen molar-refractivity contribution in [1.29, 1.82) is 0 Å². The average molecular weight is 291 g/mol. The molecular formula is C17H25NO3. The lowest BCUT2D eigenvalue weighted by Gasteiger charge is -2.31. The Hall–Kier alpha value is -1.55. The Balaban J connectivity index is 1.93. The number of hydrogen-bond acceptors (Lipinski definition) is 4. The predicted octanol–water partition coefficient (Wildman–Crippen LogP) is 2.87. The number of carbonyl (C=O) groups is 1. The third-order valence-corrected chi connectivity index (χ3v) is 4.08. The number of hydrogen-bond donors (Lipinski definition) is 1. The summed E-state index contributed by atoms with van der Waals surface area (Å²) < 4.78 is 10.5. The van der Waals surface area contributed by atoms with Gasteiger partial charge in [-0.25, -0.2) is 0 Å². The fourth-order valence-electron chi connectivity index (χ4n) is 3.04. The minimum Gasteiger partial charge on any atom is -0.496 e. The first-order valence-electron chi connectivity index (χ1n) is 7.76. The SMILES string of the molecule is CCOC(=O)CCC1CC(c2ccccc2OC)CCN1. The van der Waals surface area contributed by atoms with Crippen LogP contribution in [0.25, 0.3) is 0 Å². The fraction of sp³-hybridized carbons (Fsp3) is 0.588. The fourth-order valence-corrected chi connectivity index (χ4v) is 3.04. The van der Waals surface area contributed by atoms with Gasteiger partial charge in [-0.05, 0) is 50.3 Å². The molecule has 1 aliphatic heterocycles. The van der Waals surface area contributed by atoms with E-state index in [2.05, 4.69) is 17.4 Å². The number of piperidine rings is 1. The third-order valence-electron chi connectivity index (χ3n) is 4.08. The molecule has 0 saturated carbocycles. The molecule has 4 heteroatoms. The molecule has 0 spiro atoms. The summed E-state index contributed by atoms with van der Waals surface area (Å²) in [6.45, 7) is 3.28. The molecule has 4 nitrogen and oxygen atoms in total. The third kappa shape index (κ3) is 4.46. The van der Waals surface area contributed by atoms with Gasteiger partial charge in [0.25, 0.3) is 0 Å². The zero-order valence-corrected chi connectivity index (χ0v) is 12.9. The van der Waals surface area contributed by atoms with Gasteiger partial charge in [-0.2, -0.15) is 0 Å². The Morgan fingerprint density at radius 3 is 2.95 bits per heavy atom. The van der Waals surface area contributed by atoms with E-state index in [-0.39, 0.29) is 5.97 Å².